The summed E-state index contributed by atoms with van der Waals surface area (Å²) in [4.78, 5) is 37.2. The van der Waals surface area contributed by atoms with E-state index in [9.17, 15) is 14.4 Å². The van der Waals surface area contributed by atoms with Crippen LogP contribution in [0.2, 0.25) is 0 Å². The van der Waals surface area contributed by atoms with E-state index in [0.29, 0.717) is 12.0 Å². The van der Waals surface area contributed by atoms with Crippen molar-refractivity contribution in [2.45, 2.75) is 32.7 Å². The van der Waals surface area contributed by atoms with E-state index in [4.69, 9.17) is 0 Å². The number of aryl methyl sites for hydroxylation is 1. The molecule has 112 valence electrons. The molecule has 0 aliphatic carbocycles. The van der Waals surface area contributed by atoms with Gasteiger partial charge in [0.05, 0.1) is 19.1 Å². The van der Waals surface area contributed by atoms with Crippen LogP contribution in [0, 0.1) is 0 Å². The molecule has 1 atom stereocenters. The second-order valence-electron chi connectivity index (χ2n) is 5.22. The number of hydrogen-bond acceptors (Lipinski definition) is 4. The molecule has 0 radical (unpaired) electrons. The van der Waals surface area contributed by atoms with E-state index >= 15 is 0 Å². The van der Waals surface area contributed by atoms with Crippen molar-refractivity contribution in [3.05, 3.63) is 35.4 Å². The molecule has 0 saturated carbocycles. The Bertz CT molecular complexity index is 551. The van der Waals surface area contributed by atoms with E-state index in [1.54, 1.807) is 17.0 Å². The second-order valence-corrected chi connectivity index (χ2v) is 5.22. The maximum atomic E-state index is 12.3. The zero-order chi connectivity index (χ0) is 15.4. The summed E-state index contributed by atoms with van der Waals surface area (Å²) in [6.45, 7) is 4.10. The lowest BCUT2D eigenvalue weighted by atomic mass is 10.0. The van der Waals surface area contributed by atoms with Crippen molar-refractivity contribution in [2.75, 3.05) is 13.1 Å². The summed E-state index contributed by atoms with van der Waals surface area (Å²) in [6.07, 6.45) is 1.49. The van der Waals surface area contributed by atoms with Crippen LogP contribution in [-0.2, 0) is 16.0 Å². The average molecular weight is 288 g/mol. The summed E-state index contributed by atoms with van der Waals surface area (Å²) >= 11 is 0. The predicted octanol–water partition coefficient (Wildman–Crippen LogP) is 1.17. The quantitative estimate of drug-likeness (QED) is 0.652. The Morgan fingerprint density at radius 2 is 1.90 bits per heavy atom. The third-order valence-electron chi connectivity index (χ3n) is 3.77. The lowest BCUT2D eigenvalue weighted by Crippen LogP contribution is -2.58. The Kier molecular flexibility index (Phi) is 4.85. The van der Waals surface area contributed by atoms with E-state index < -0.39 is 6.04 Å². The van der Waals surface area contributed by atoms with Crippen molar-refractivity contribution in [3.8, 4) is 0 Å². The molecule has 5 heteroatoms. The summed E-state index contributed by atoms with van der Waals surface area (Å²) in [5.41, 5.74) is 1.78. The van der Waals surface area contributed by atoms with Crippen LogP contribution in [0.25, 0.3) is 0 Å². The molecular weight excluding hydrogens is 268 g/mol. The zero-order valence-electron chi connectivity index (χ0n) is 12.4. The van der Waals surface area contributed by atoms with Crippen LogP contribution in [0.1, 0.15) is 36.2 Å². The molecule has 2 rings (SSSR count). The van der Waals surface area contributed by atoms with Crippen molar-refractivity contribution in [1.29, 1.82) is 0 Å². The van der Waals surface area contributed by atoms with Gasteiger partial charge < -0.3 is 0 Å². The SMILES string of the molecule is CCc1ccc(C(=O)CN2CC(=O)NC(=O)C2CC)cc1. The number of nitrogens with one attached hydrogen (secondary N) is 1. The highest BCUT2D eigenvalue weighted by Crippen LogP contribution is 2.12. The highest BCUT2D eigenvalue weighted by atomic mass is 16.2. The highest BCUT2D eigenvalue weighted by Gasteiger charge is 2.33. The molecular formula is C16H20N2O3. The van der Waals surface area contributed by atoms with Gasteiger partial charge in [0, 0.05) is 5.56 Å². The van der Waals surface area contributed by atoms with Crippen LogP contribution in [0.5, 0.6) is 0 Å². The monoisotopic (exact) mass is 288 g/mol. The van der Waals surface area contributed by atoms with Gasteiger partial charge in [-0.25, -0.2) is 0 Å². The summed E-state index contributed by atoms with van der Waals surface area (Å²) in [5.74, 6) is -0.736. The molecule has 1 unspecified atom stereocenters. The minimum absolute atomic E-state index is 0.0707. The normalized spacial score (nSPS) is 19.4. The van der Waals surface area contributed by atoms with Crippen molar-refractivity contribution >= 4 is 17.6 Å². The number of nitrogens with zero attached hydrogens (tertiary/aromatic N) is 1. The Balaban J connectivity index is 2.09. The van der Waals surface area contributed by atoms with E-state index in [1.807, 2.05) is 19.1 Å². The Morgan fingerprint density at radius 1 is 1.24 bits per heavy atom. The largest absolute Gasteiger partial charge is 0.294 e. The van der Waals surface area contributed by atoms with Crippen LogP contribution in [-0.4, -0.2) is 41.6 Å². The molecule has 1 N–H and O–H groups in total. The molecule has 1 aliphatic rings. The summed E-state index contributed by atoms with van der Waals surface area (Å²) in [7, 11) is 0. The highest BCUT2D eigenvalue weighted by molar-refractivity contribution is 6.03. The molecule has 1 heterocycles. The topological polar surface area (TPSA) is 66.5 Å². The minimum Gasteiger partial charge on any atom is -0.294 e. The molecule has 1 aromatic rings. The number of carbonyl (C=O) groups excluding carboxylic acids is 3. The maximum absolute atomic E-state index is 12.3. The number of ketones is 1. The fraction of sp³-hybridized carbons (Fsp3) is 0.438. The van der Waals surface area contributed by atoms with Gasteiger partial charge in [-0.2, -0.15) is 0 Å². The molecule has 0 bridgehead atoms. The lowest BCUT2D eigenvalue weighted by molar-refractivity contribution is -0.139. The van der Waals surface area contributed by atoms with Gasteiger partial charge in [-0.3, -0.25) is 24.6 Å². The molecule has 1 fully saturated rings. The van der Waals surface area contributed by atoms with Crippen LogP contribution in [0.15, 0.2) is 24.3 Å². The number of imide groups is 1. The van der Waals surface area contributed by atoms with E-state index in [-0.39, 0.29) is 30.7 Å². The number of Topliss-reactive ketones (excluding diaryl/α,β-unsaturated/α-hetero) is 1. The second kappa shape index (κ2) is 6.63. The lowest BCUT2D eigenvalue weighted by Gasteiger charge is -2.32. The zero-order valence-corrected chi connectivity index (χ0v) is 12.4. The van der Waals surface area contributed by atoms with Crippen LogP contribution >= 0.6 is 0 Å². The van der Waals surface area contributed by atoms with Crippen LogP contribution < -0.4 is 5.32 Å². The van der Waals surface area contributed by atoms with E-state index in [1.165, 1.54) is 5.56 Å². The fourth-order valence-electron chi connectivity index (χ4n) is 2.53. The van der Waals surface area contributed by atoms with Gasteiger partial charge >= 0.3 is 0 Å². The first kappa shape index (κ1) is 15.4. The van der Waals surface area contributed by atoms with E-state index in [0.717, 1.165) is 6.42 Å². The van der Waals surface area contributed by atoms with Gasteiger partial charge in [0.2, 0.25) is 11.8 Å². The van der Waals surface area contributed by atoms with Gasteiger partial charge in [0.1, 0.15) is 0 Å². The van der Waals surface area contributed by atoms with Crippen LogP contribution in [0.4, 0.5) is 0 Å². The van der Waals surface area contributed by atoms with Gasteiger partial charge in [-0.05, 0) is 18.4 Å². The number of amides is 2. The number of rotatable bonds is 5. The van der Waals surface area contributed by atoms with Crippen molar-refractivity contribution < 1.29 is 14.4 Å². The Labute approximate surface area is 124 Å². The molecule has 5 nitrogen and oxygen atoms in total. The fourth-order valence-corrected chi connectivity index (χ4v) is 2.53. The number of carbonyl (C=O) groups is 3. The smallest absolute Gasteiger partial charge is 0.243 e. The number of piperazine rings is 1. The first-order valence-electron chi connectivity index (χ1n) is 7.25. The van der Waals surface area contributed by atoms with Crippen molar-refractivity contribution in [1.82, 2.24) is 10.2 Å². The summed E-state index contributed by atoms with van der Waals surface area (Å²) in [6, 6.07) is 7.04. The average Bonchev–Trinajstić information content (AvgIpc) is 2.47. The minimum atomic E-state index is -0.415. The molecule has 1 saturated heterocycles. The summed E-state index contributed by atoms with van der Waals surface area (Å²) in [5, 5.41) is 2.31. The first-order valence-corrected chi connectivity index (χ1v) is 7.25. The molecule has 0 aromatic heterocycles. The molecule has 1 aromatic carbocycles. The molecule has 2 amide bonds. The van der Waals surface area contributed by atoms with E-state index in [2.05, 4.69) is 12.2 Å². The maximum Gasteiger partial charge on any atom is 0.243 e. The molecule has 0 spiro atoms. The Hall–Kier alpha value is -2.01. The summed E-state index contributed by atoms with van der Waals surface area (Å²) < 4.78 is 0. The van der Waals surface area contributed by atoms with Crippen molar-refractivity contribution in [3.63, 3.8) is 0 Å². The third-order valence-corrected chi connectivity index (χ3v) is 3.77. The molecule has 1 aliphatic heterocycles. The number of hydrogen-bond donors (Lipinski definition) is 1. The van der Waals surface area contributed by atoms with Crippen LogP contribution in [0.3, 0.4) is 0 Å². The third kappa shape index (κ3) is 3.55. The first-order chi connectivity index (χ1) is 10.0. The Morgan fingerprint density at radius 3 is 2.48 bits per heavy atom. The van der Waals surface area contributed by atoms with Gasteiger partial charge in [0.15, 0.2) is 5.78 Å². The van der Waals surface area contributed by atoms with Gasteiger partial charge in [-0.15, -0.1) is 0 Å². The van der Waals surface area contributed by atoms with Crippen molar-refractivity contribution in [2.24, 2.45) is 0 Å². The van der Waals surface area contributed by atoms with Gasteiger partial charge in [-0.1, -0.05) is 38.1 Å². The van der Waals surface area contributed by atoms with Gasteiger partial charge in [0.25, 0.3) is 0 Å². The predicted molar refractivity (Wildman–Crippen MR) is 79.0 cm³/mol. The number of benzene rings is 1. The standard InChI is InChI=1S/C16H20N2O3/c1-3-11-5-7-12(8-6-11)14(19)9-18-10-15(20)17-16(21)13(18)4-2/h5-8,13H,3-4,9-10H2,1-2H3,(H,17,20,21). The molecule has 21 heavy (non-hydrogen) atoms.